The van der Waals surface area contributed by atoms with Crippen LogP contribution >= 0.6 is 0 Å². The van der Waals surface area contributed by atoms with Crippen LogP contribution in [-0.4, -0.2) is 50.2 Å². The van der Waals surface area contributed by atoms with Gasteiger partial charge in [-0.3, -0.25) is 14.4 Å². The molecule has 0 unspecified atom stereocenters. The van der Waals surface area contributed by atoms with E-state index < -0.39 is 0 Å². The SMILES string of the molecule is Cc1cc(CN2C(=O)C[C@H]3[C@@H]2CCN3Cc2ccccc2OC(C)C)n(C)n1. The zero-order valence-electron chi connectivity index (χ0n) is 17.3. The van der Waals surface area contributed by atoms with Gasteiger partial charge in [0.1, 0.15) is 5.75 Å². The molecule has 2 fully saturated rings. The molecule has 150 valence electrons. The highest BCUT2D eigenvalue weighted by molar-refractivity contribution is 5.80. The van der Waals surface area contributed by atoms with Crippen molar-refractivity contribution in [1.82, 2.24) is 19.6 Å². The third-order valence-corrected chi connectivity index (χ3v) is 5.87. The Bertz CT molecular complexity index is 860. The summed E-state index contributed by atoms with van der Waals surface area (Å²) in [5.41, 5.74) is 3.29. The molecule has 28 heavy (non-hydrogen) atoms. The molecule has 1 aromatic carbocycles. The molecular formula is C22H30N4O2. The zero-order chi connectivity index (χ0) is 19.8. The van der Waals surface area contributed by atoms with Crippen molar-refractivity contribution < 1.29 is 9.53 Å². The van der Waals surface area contributed by atoms with Crippen molar-refractivity contribution in [2.24, 2.45) is 7.05 Å². The van der Waals surface area contributed by atoms with Gasteiger partial charge in [0, 0.05) is 44.2 Å². The molecular weight excluding hydrogens is 352 g/mol. The number of nitrogens with zero attached hydrogens (tertiary/aromatic N) is 4. The fraction of sp³-hybridized carbons (Fsp3) is 0.545. The van der Waals surface area contributed by atoms with Gasteiger partial charge in [-0.05, 0) is 39.3 Å². The van der Waals surface area contributed by atoms with E-state index in [0.29, 0.717) is 19.0 Å². The lowest BCUT2D eigenvalue weighted by atomic mass is 10.1. The highest BCUT2D eigenvalue weighted by atomic mass is 16.5. The number of amides is 1. The number of rotatable bonds is 6. The van der Waals surface area contributed by atoms with Crippen molar-refractivity contribution in [2.75, 3.05) is 6.54 Å². The molecule has 0 aliphatic carbocycles. The molecule has 3 heterocycles. The first-order chi connectivity index (χ1) is 13.4. The maximum absolute atomic E-state index is 12.8. The molecule has 2 saturated heterocycles. The van der Waals surface area contributed by atoms with Crippen LogP contribution < -0.4 is 4.74 Å². The lowest BCUT2D eigenvalue weighted by Crippen LogP contribution is -2.37. The summed E-state index contributed by atoms with van der Waals surface area (Å²) in [6.45, 7) is 8.59. The molecule has 1 amide bonds. The van der Waals surface area contributed by atoms with Gasteiger partial charge in [0.15, 0.2) is 0 Å². The standard InChI is InChI=1S/C22H30N4O2/c1-15(2)28-21-8-6-5-7-17(21)13-25-10-9-19-20(25)12-22(27)26(19)14-18-11-16(3)23-24(18)4/h5-8,11,15,19-20H,9-10,12-14H2,1-4H3/t19-,20-/m0/s1. The zero-order valence-corrected chi connectivity index (χ0v) is 17.3. The highest BCUT2D eigenvalue weighted by Crippen LogP contribution is 2.35. The molecule has 6 nitrogen and oxygen atoms in total. The number of hydrogen-bond acceptors (Lipinski definition) is 4. The molecule has 2 aromatic rings. The third kappa shape index (κ3) is 3.65. The van der Waals surface area contributed by atoms with Crippen molar-refractivity contribution >= 4 is 5.91 Å². The molecule has 1 aromatic heterocycles. The van der Waals surface area contributed by atoms with Crippen molar-refractivity contribution in [2.45, 2.75) is 64.9 Å². The number of benzene rings is 1. The van der Waals surface area contributed by atoms with Gasteiger partial charge < -0.3 is 9.64 Å². The van der Waals surface area contributed by atoms with E-state index in [1.165, 1.54) is 5.56 Å². The van der Waals surface area contributed by atoms with Gasteiger partial charge >= 0.3 is 0 Å². The normalized spacial score (nSPS) is 22.3. The Labute approximate surface area is 167 Å². The Hall–Kier alpha value is -2.34. The summed E-state index contributed by atoms with van der Waals surface area (Å²) in [6, 6.07) is 10.9. The van der Waals surface area contributed by atoms with Crippen molar-refractivity contribution in [3.63, 3.8) is 0 Å². The second-order valence-corrected chi connectivity index (χ2v) is 8.29. The van der Waals surface area contributed by atoms with Gasteiger partial charge in [0.25, 0.3) is 0 Å². The first-order valence-electron chi connectivity index (χ1n) is 10.2. The van der Waals surface area contributed by atoms with Gasteiger partial charge in [-0.25, -0.2) is 0 Å². The molecule has 0 spiro atoms. The number of aryl methyl sites for hydroxylation is 2. The van der Waals surface area contributed by atoms with Gasteiger partial charge in [0.2, 0.25) is 5.91 Å². The van der Waals surface area contributed by atoms with Crippen molar-refractivity contribution in [3.8, 4) is 5.75 Å². The van der Waals surface area contributed by atoms with Gasteiger partial charge in [-0.2, -0.15) is 5.10 Å². The Kier molecular flexibility index (Phi) is 5.15. The number of para-hydroxylation sites is 1. The minimum absolute atomic E-state index is 0.151. The molecule has 2 aliphatic rings. The van der Waals surface area contributed by atoms with Crippen LogP contribution in [0.1, 0.15) is 43.6 Å². The summed E-state index contributed by atoms with van der Waals surface area (Å²) in [4.78, 5) is 17.3. The molecule has 0 bridgehead atoms. The fourth-order valence-corrected chi connectivity index (χ4v) is 4.62. The third-order valence-electron chi connectivity index (χ3n) is 5.87. The number of likely N-dealkylation sites (tertiary alicyclic amines) is 2. The van der Waals surface area contributed by atoms with E-state index in [1.54, 1.807) is 0 Å². The van der Waals surface area contributed by atoms with E-state index in [1.807, 2.05) is 30.8 Å². The summed E-state index contributed by atoms with van der Waals surface area (Å²) in [7, 11) is 1.95. The average molecular weight is 383 g/mol. The Morgan fingerprint density at radius 3 is 2.71 bits per heavy atom. The van der Waals surface area contributed by atoms with E-state index in [9.17, 15) is 4.79 Å². The van der Waals surface area contributed by atoms with Gasteiger partial charge in [-0.15, -0.1) is 0 Å². The number of fused-ring (bicyclic) bond motifs is 1. The lowest BCUT2D eigenvalue weighted by molar-refractivity contribution is -0.129. The maximum Gasteiger partial charge on any atom is 0.224 e. The predicted molar refractivity (Wildman–Crippen MR) is 108 cm³/mol. The molecule has 0 N–H and O–H groups in total. The van der Waals surface area contributed by atoms with Crippen molar-refractivity contribution in [1.29, 1.82) is 0 Å². The molecule has 2 atom stereocenters. The Morgan fingerprint density at radius 1 is 1.21 bits per heavy atom. The number of ether oxygens (including phenoxy) is 1. The second-order valence-electron chi connectivity index (χ2n) is 8.29. The van der Waals surface area contributed by atoms with E-state index in [0.717, 1.165) is 36.6 Å². The molecule has 2 aliphatic heterocycles. The second kappa shape index (κ2) is 7.59. The summed E-state index contributed by atoms with van der Waals surface area (Å²) < 4.78 is 7.88. The minimum Gasteiger partial charge on any atom is -0.491 e. The quantitative estimate of drug-likeness (QED) is 0.771. The molecule has 6 heteroatoms. The smallest absolute Gasteiger partial charge is 0.224 e. The van der Waals surface area contributed by atoms with Crippen LogP contribution in [0.2, 0.25) is 0 Å². The van der Waals surface area contributed by atoms with E-state index in [-0.39, 0.29) is 18.1 Å². The first-order valence-corrected chi connectivity index (χ1v) is 10.2. The van der Waals surface area contributed by atoms with Crippen LogP contribution in [-0.2, 0) is 24.9 Å². The number of carbonyl (C=O) groups is 1. The summed E-state index contributed by atoms with van der Waals surface area (Å²) >= 11 is 0. The number of hydrogen-bond donors (Lipinski definition) is 0. The highest BCUT2D eigenvalue weighted by Gasteiger charge is 2.46. The summed E-state index contributed by atoms with van der Waals surface area (Å²) in [5.74, 6) is 1.21. The summed E-state index contributed by atoms with van der Waals surface area (Å²) in [6.07, 6.45) is 1.79. The van der Waals surface area contributed by atoms with Crippen molar-refractivity contribution in [3.05, 3.63) is 47.3 Å². The predicted octanol–water partition coefficient (Wildman–Crippen LogP) is 2.89. The minimum atomic E-state index is 0.151. The van der Waals surface area contributed by atoms with E-state index in [2.05, 4.69) is 46.9 Å². The van der Waals surface area contributed by atoms with Gasteiger partial charge in [0.05, 0.1) is 24.0 Å². The van der Waals surface area contributed by atoms with Crippen LogP contribution in [0.5, 0.6) is 5.75 Å². The van der Waals surface area contributed by atoms with E-state index >= 15 is 0 Å². The van der Waals surface area contributed by atoms with Crippen LogP contribution in [0.15, 0.2) is 30.3 Å². The maximum atomic E-state index is 12.8. The van der Waals surface area contributed by atoms with Crippen LogP contribution in [0.25, 0.3) is 0 Å². The number of carbonyl (C=O) groups excluding carboxylic acids is 1. The van der Waals surface area contributed by atoms with Crippen LogP contribution in [0, 0.1) is 6.92 Å². The fourth-order valence-electron chi connectivity index (χ4n) is 4.62. The van der Waals surface area contributed by atoms with E-state index in [4.69, 9.17) is 4.74 Å². The Balaban J connectivity index is 1.48. The monoisotopic (exact) mass is 382 g/mol. The Morgan fingerprint density at radius 2 is 2.00 bits per heavy atom. The molecule has 4 rings (SSSR count). The molecule has 0 radical (unpaired) electrons. The van der Waals surface area contributed by atoms with Gasteiger partial charge in [-0.1, -0.05) is 18.2 Å². The largest absolute Gasteiger partial charge is 0.491 e. The summed E-state index contributed by atoms with van der Waals surface area (Å²) in [5, 5.41) is 4.42. The van der Waals surface area contributed by atoms with Crippen LogP contribution in [0.4, 0.5) is 0 Å². The topological polar surface area (TPSA) is 50.6 Å². The number of aromatic nitrogens is 2. The molecule has 0 saturated carbocycles. The van der Waals surface area contributed by atoms with Crippen LogP contribution in [0.3, 0.4) is 0 Å². The average Bonchev–Trinajstić information content (AvgIpc) is 3.26. The lowest BCUT2D eigenvalue weighted by Gasteiger charge is -2.26. The first kappa shape index (κ1) is 19.0.